The van der Waals surface area contributed by atoms with Crippen molar-refractivity contribution in [1.29, 1.82) is 0 Å². The monoisotopic (exact) mass is 463 g/mol. The number of aliphatic hydroxyl groups is 1. The highest BCUT2D eigenvalue weighted by atomic mass is 19.1. The number of hydrogen-bond acceptors (Lipinski definition) is 4. The van der Waals surface area contributed by atoms with Crippen molar-refractivity contribution in [3.8, 4) is 5.75 Å². The summed E-state index contributed by atoms with van der Waals surface area (Å²) in [5, 5.41) is 11.1. The predicted octanol–water partition coefficient (Wildman–Crippen LogP) is 5.63. The van der Waals surface area contributed by atoms with Crippen molar-refractivity contribution in [1.82, 2.24) is 0 Å². The molecule has 1 fully saturated rings. The Hall–Kier alpha value is -4.00. The van der Waals surface area contributed by atoms with Crippen molar-refractivity contribution in [2.75, 3.05) is 11.5 Å². The van der Waals surface area contributed by atoms with Gasteiger partial charge < -0.3 is 9.84 Å². The van der Waals surface area contributed by atoms with Crippen molar-refractivity contribution in [3.05, 3.63) is 101 Å². The average molecular weight is 463 g/mol. The van der Waals surface area contributed by atoms with Gasteiger partial charge in [-0.05, 0) is 72.1 Å². The van der Waals surface area contributed by atoms with Crippen molar-refractivity contribution in [2.24, 2.45) is 5.92 Å². The summed E-state index contributed by atoms with van der Waals surface area (Å²) < 4.78 is 32.8. The number of ketones is 1. The van der Waals surface area contributed by atoms with Gasteiger partial charge in [0.05, 0.1) is 18.2 Å². The van der Waals surface area contributed by atoms with Crippen molar-refractivity contribution >= 4 is 23.1 Å². The van der Waals surface area contributed by atoms with Gasteiger partial charge in [-0.3, -0.25) is 14.5 Å². The largest absolute Gasteiger partial charge is 0.507 e. The molecule has 0 spiro atoms. The Balaban J connectivity index is 1.81. The molecule has 1 saturated heterocycles. The zero-order valence-corrected chi connectivity index (χ0v) is 18.7. The smallest absolute Gasteiger partial charge is 0.300 e. The lowest BCUT2D eigenvalue weighted by atomic mass is 9.95. The van der Waals surface area contributed by atoms with Crippen LogP contribution in [-0.2, 0) is 9.59 Å². The molecule has 7 heteroatoms. The fraction of sp³-hybridized carbons (Fsp3) is 0.185. The van der Waals surface area contributed by atoms with Crippen LogP contribution in [0.2, 0.25) is 0 Å². The number of ether oxygens (including phenoxy) is 1. The van der Waals surface area contributed by atoms with E-state index in [-0.39, 0.29) is 17.0 Å². The van der Waals surface area contributed by atoms with E-state index >= 15 is 0 Å². The number of Topliss-reactive ketones (excluding diaryl/α,β-unsaturated/α-hetero) is 1. The normalized spacial score (nSPS) is 17.4. The Labute approximate surface area is 195 Å². The highest BCUT2D eigenvalue weighted by Gasteiger charge is 2.47. The Morgan fingerprint density at radius 3 is 2.03 bits per heavy atom. The predicted molar refractivity (Wildman–Crippen MR) is 124 cm³/mol. The number of carbonyl (C=O) groups is 2. The number of rotatable bonds is 6. The number of halogens is 2. The molecule has 1 aliphatic rings. The molecule has 5 nitrogen and oxygen atoms in total. The lowest BCUT2D eigenvalue weighted by Crippen LogP contribution is -2.29. The van der Waals surface area contributed by atoms with Gasteiger partial charge in [0.2, 0.25) is 0 Å². The first-order valence-electron chi connectivity index (χ1n) is 10.8. The van der Waals surface area contributed by atoms with Crippen LogP contribution in [0.25, 0.3) is 5.76 Å². The fourth-order valence-corrected chi connectivity index (χ4v) is 3.79. The van der Waals surface area contributed by atoms with Crippen molar-refractivity contribution in [2.45, 2.75) is 19.9 Å². The number of carbonyl (C=O) groups excluding carboxylic acids is 2. The molecule has 1 unspecified atom stereocenters. The lowest BCUT2D eigenvalue weighted by Gasteiger charge is -2.25. The van der Waals surface area contributed by atoms with Crippen LogP contribution in [0.1, 0.15) is 31.0 Å². The standard InChI is InChI=1S/C27H23F2NO4/c1-16(2)15-34-22-13-5-18(6-14-22)25(31)23-24(17-3-7-19(28)8-4-17)30(27(33)26(23)32)21-11-9-20(29)10-12-21/h3-14,16,24,31H,15H2,1-2H3/b25-23+. The second-order valence-corrected chi connectivity index (χ2v) is 8.43. The Morgan fingerprint density at radius 1 is 0.912 bits per heavy atom. The van der Waals surface area contributed by atoms with Crippen LogP contribution in [0, 0.1) is 17.6 Å². The van der Waals surface area contributed by atoms with Crippen molar-refractivity contribution in [3.63, 3.8) is 0 Å². The summed E-state index contributed by atoms with van der Waals surface area (Å²) in [5.41, 5.74) is 0.871. The molecular weight excluding hydrogens is 440 g/mol. The molecule has 0 radical (unpaired) electrons. The molecule has 1 N–H and O–H groups in total. The topological polar surface area (TPSA) is 66.8 Å². The molecule has 3 aromatic carbocycles. The molecule has 1 amide bonds. The molecule has 1 aliphatic heterocycles. The maximum absolute atomic E-state index is 13.6. The SMILES string of the molecule is CC(C)COc1ccc(/C(O)=C2\C(=O)C(=O)N(c3ccc(F)cc3)C2c2ccc(F)cc2)cc1. The number of benzene rings is 3. The quantitative estimate of drug-likeness (QED) is 0.293. The van der Waals surface area contributed by atoms with Crippen LogP contribution < -0.4 is 9.64 Å². The average Bonchev–Trinajstić information content (AvgIpc) is 3.09. The van der Waals surface area contributed by atoms with E-state index in [0.717, 1.165) is 0 Å². The third-order valence-electron chi connectivity index (χ3n) is 5.45. The van der Waals surface area contributed by atoms with Gasteiger partial charge in [-0.1, -0.05) is 26.0 Å². The van der Waals surface area contributed by atoms with E-state index in [2.05, 4.69) is 0 Å². The highest BCUT2D eigenvalue weighted by molar-refractivity contribution is 6.51. The number of nitrogens with zero attached hydrogens (tertiary/aromatic N) is 1. The molecule has 0 bridgehead atoms. The van der Waals surface area contributed by atoms with E-state index in [4.69, 9.17) is 4.74 Å². The Bertz CT molecular complexity index is 1230. The number of aliphatic hydroxyl groups excluding tert-OH is 1. The van der Waals surface area contributed by atoms with Gasteiger partial charge in [0.15, 0.2) is 0 Å². The third kappa shape index (κ3) is 4.55. The van der Waals surface area contributed by atoms with Crippen LogP contribution >= 0.6 is 0 Å². The first-order chi connectivity index (χ1) is 16.3. The van der Waals surface area contributed by atoms with Gasteiger partial charge in [0.1, 0.15) is 23.1 Å². The van der Waals surface area contributed by atoms with Crippen LogP contribution in [0.15, 0.2) is 78.4 Å². The minimum atomic E-state index is -1.03. The van der Waals surface area contributed by atoms with Gasteiger partial charge in [0.25, 0.3) is 11.7 Å². The summed E-state index contributed by atoms with van der Waals surface area (Å²) in [6, 6.07) is 15.9. The first-order valence-corrected chi connectivity index (χ1v) is 10.8. The lowest BCUT2D eigenvalue weighted by molar-refractivity contribution is -0.132. The minimum Gasteiger partial charge on any atom is -0.507 e. The summed E-state index contributed by atoms with van der Waals surface area (Å²) in [5.74, 6) is -2.18. The summed E-state index contributed by atoms with van der Waals surface area (Å²) in [6.45, 7) is 4.57. The molecule has 174 valence electrons. The van der Waals surface area contributed by atoms with Gasteiger partial charge >= 0.3 is 0 Å². The molecule has 3 aromatic rings. The molecule has 0 aliphatic carbocycles. The van der Waals surface area contributed by atoms with Crippen LogP contribution in [0.4, 0.5) is 14.5 Å². The molecular formula is C27H23F2NO4. The molecule has 0 aromatic heterocycles. The second-order valence-electron chi connectivity index (χ2n) is 8.43. The van der Waals surface area contributed by atoms with Gasteiger partial charge in [-0.2, -0.15) is 0 Å². The van der Waals surface area contributed by atoms with Gasteiger partial charge in [-0.15, -0.1) is 0 Å². The van der Waals surface area contributed by atoms with E-state index in [1.807, 2.05) is 13.8 Å². The molecule has 1 atom stereocenters. The summed E-state index contributed by atoms with van der Waals surface area (Å²) in [4.78, 5) is 27.3. The maximum atomic E-state index is 13.6. The second kappa shape index (κ2) is 9.47. The zero-order chi connectivity index (χ0) is 24.4. The third-order valence-corrected chi connectivity index (χ3v) is 5.45. The Kier molecular flexibility index (Phi) is 6.45. The van der Waals surface area contributed by atoms with E-state index in [1.54, 1.807) is 24.3 Å². The Morgan fingerprint density at radius 2 is 1.47 bits per heavy atom. The first kappa shape index (κ1) is 23.2. The summed E-state index contributed by atoms with van der Waals surface area (Å²) in [6.07, 6.45) is 0. The van der Waals surface area contributed by atoms with E-state index in [1.165, 1.54) is 53.4 Å². The highest BCUT2D eigenvalue weighted by Crippen LogP contribution is 2.42. The van der Waals surface area contributed by atoms with E-state index < -0.39 is 29.4 Å². The van der Waals surface area contributed by atoms with Gasteiger partial charge in [-0.25, -0.2) is 8.78 Å². The zero-order valence-electron chi connectivity index (χ0n) is 18.7. The molecule has 4 rings (SSSR count). The molecule has 0 saturated carbocycles. The number of hydrogen-bond donors (Lipinski definition) is 1. The fourth-order valence-electron chi connectivity index (χ4n) is 3.79. The summed E-state index contributed by atoms with van der Waals surface area (Å²) >= 11 is 0. The summed E-state index contributed by atoms with van der Waals surface area (Å²) in [7, 11) is 0. The van der Waals surface area contributed by atoms with Crippen molar-refractivity contribution < 1.29 is 28.2 Å². The molecule has 1 heterocycles. The van der Waals surface area contributed by atoms with Gasteiger partial charge in [0, 0.05) is 11.3 Å². The van der Waals surface area contributed by atoms with E-state index in [0.29, 0.717) is 29.4 Å². The van der Waals surface area contributed by atoms with Crippen LogP contribution in [-0.4, -0.2) is 23.4 Å². The minimum absolute atomic E-state index is 0.142. The number of amides is 1. The van der Waals surface area contributed by atoms with Crippen LogP contribution in [0.5, 0.6) is 5.75 Å². The molecule has 34 heavy (non-hydrogen) atoms. The van der Waals surface area contributed by atoms with Crippen LogP contribution in [0.3, 0.4) is 0 Å². The van der Waals surface area contributed by atoms with E-state index in [9.17, 15) is 23.5 Å². The number of anilines is 1. The maximum Gasteiger partial charge on any atom is 0.300 e.